The van der Waals surface area contributed by atoms with Crippen LogP contribution in [0, 0.1) is 20.8 Å². The van der Waals surface area contributed by atoms with Crippen LogP contribution in [0.2, 0.25) is 0 Å². The quantitative estimate of drug-likeness (QED) is 0.872. The van der Waals surface area contributed by atoms with Crippen LogP contribution in [0.25, 0.3) is 0 Å². The molecule has 0 aromatic heterocycles. The summed E-state index contributed by atoms with van der Waals surface area (Å²) >= 11 is 0. The van der Waals surface area contributed by atoms with Gasteiger partial charge in [0, 0.05) is 12.2 Å². The van der Waals surface area contributed by atoms with Gasteiger partial charge in [-0.15, -0.1) is 0 Å². The molecule has 0 spiro atoms. The van der Waals surface area contributed by atoms with Gasteiger partial charge in [-0.1, -0.05) is 42.0 Å². The van der Waals surface area contributed by atoms with E-state index in [-0.39, 0.29) is 6.04 Å². The highest BCUT2D eigenvalue weighted by Gasteiger charge is 2.13. The molecular formula is C17H22N2. The number of para-hydroxylation sites is 1. The van der Waals surface area contributed by atoms with Crippen LogP contribution in [0.15, 0.2) is 42.5 Å². The van der Waals surface area contributed by atoms with Crippen molar-refractivity contribution in [3.8, 4) is 0 Å². The van der Waals surface area contributed by atoms with Gasteiger partial charge in [0.05, 0.1) is 6.04 Å². The Kier molecular flexibility index (Phi) is 4.23. The lowest BCUT2D eigenvalue weighted by molar-refractivity contribution is 0.781. The Hall–Kier alpha value is -1.80. The fourth-order valence-corrected chi connectivity index (χ4v) is 2.32. The molecule has 2 nitrogen and oxygen atoms in total. The van der Waals surface area contributed by atoms with Crippen molar-refractivity contribution < 1.29 is 0 Å². The molecule has 19 heavy (non-hydrogen) atoms. The summed E-state index contributed by atoms with van der Waals surface area (Å²) in [6, 6.07) is 15.0. The summed E-state index contributed by atoms with van der Waals surface area (Å²) in [6.45, 7) is 6.94. The molecule has 0 fully saturated rings. The zero-order chi connectivity index (χ0) is 13.8. The summed E-state index contributed by atoms with van der Waals surface area (Å²) in [4.78, 5) is 0. The fraction of sp³-hybridized carbons (Fsp3) is 0.294. The van der Waals surface area contributed by atoms with E-state index in [1.807, 2.05) is 6.07 Å². The lowest BCUT2D eigenvalue weighted by atomic mass is 9.98. The molecule has 2 rings (SSSR count). The van der Waals surface area contributed by atoms with Crippen LogP contribution >= 0.6 is 0 Å². The van der Waals surface area contributed by atoms with E-state index < -0.39 is 0 Å². The third-order valence-corrected chi connectivity index (χ3v) is 3.52. The van der Waals surface area contributed by atoms with Gasteiger partial charge in [0.2, 0.25) is 0 Å². The van der Waals surface area contributed by atoms with Crippen LogP contribution in [0.3, 0.4) is 0 Å². The third-order valence-electron chi connectivity index (χ3n) is 3.52. The van der Waals surface area contributed by atoms with Gasteiger partial charge in [0.25, 0.3) is 0 Å². The maximum absolute atomic E-state index is 5.96. The highest BCUT2D eigenvalue weighted by Crippen LogP contribution is 2.24. The molecule has 3 N–H and O–H groups in total. The van der Waals surface area contributed by atoms with Crippen molar-refractivity contribution in [1.29, 1.82) is 0 Å². The summed E-state index contributed by atoms with van der Waals surface area (Å²) < 4.78 is 0. The van der Waals surface area contributed by atoms with Gasteiger partial charge >= 0.3 is 0 Å². The van der Waals surface area contributed by atoms with Gasteiger partial charge in [-0.3, -0.25) is 0 Å². The second-order valence-electron chi connectivity index (χ2n) is 5.11. The molecule has 0 bridgehead atoms. The average molecular weight is 254 g/mol. The molecule has 1 atom stereocenters. The minimum atomic E-state index is 0.154. The second-order valence-corrected chi connectivity index (χ2v) is 5.11. The van der Waals surface area contributed by atoms with Gasteiger partial charge in [0.1, 0.15) is 0 Å². The molecule has 0 aliphatic rings. The lowest BCUT2D eigenvalue weighted by Crippen LogP contribution is -2.22. The normalized spacial score (nSPS) is 12.2. The zero-order valence-electron chi connectivity index (χ0n) is 11.9. The van der Waals surface area contributed by atoms with Gasteiger partial charge < -0.3 is 11.1 Å². The number of hydrogen-bond donors (Lipinski definition) is 2. The van der Waals surface area contributed by atoms with Crippen molar-refractivity contribution in [2.24, 2.45) is 5.73 Å². The van der Waals surface area contributed by atoms with Gasteiger partial charge in [-0.2, -0.15) is 0 Å². The summed E-state index contributed by atoms with van der Waals surface area (Å²) in [5.41, 5.74) is 12.2. The maximum Gasteiger partial charge on any atom is 0.0638 e. The monoisotopic (exact) mass is 254 g/mol. The van der Waals surface area contributed by atoms with E-state index in [1.54, 1.807) is 0 Å². The molecule has 100 valence electrons. The van der Waals surface area contributed by atoms with Crippen LogP contribution in [0.4, 0.5) is 5.69 Å². The number of nitrogens with one attached hydrogen (secondary N) is 1. The summed E-state index contributed by atoms with van der Waals surface area (Å²) in [5.74, 6) is 0. The first-order chi connectivity index (χ1) is 9.11. The van der Waals surface area contributed by atoms with Crippen LogP contribution < -0.4 is 11.1 Å². The largest absolute Gasteiger partial charge is 0.377 e. The van der Waals surface area contributed by atoms with Crippen molar-refractivity contribution in [1.82, 2.24) is 0 Å². The van der Waals surface area contributed by atoms with Crippen LogP contribution in [0.1, 0.15) is 28.3 Å². The highest BCUT2D eigenvalue weighted by atomic mass is 14.9. The molecule has 0 saturated heterocycles. The van der Waals surface area contributed by atoms with Crippen LogP contribution in [-0.2, 0) is 0 Å². The molecule has 0 heterocycles. The highest BCUT2D eigenvalue weighted by molar-refractivity contribution is 5.52. The second kappa shape index (κ2) is 5.89. The van der Waals surface area contributed by atoms with E-state index in [1.165, 1.54) is 22.3 Å². The van der Waals surface area contributed by atoms with E-state index in [2.05, 4.69) is 62.5 Å². The summed E-state index contributed by atoms with van der Waals surface area (Å²) in [6.07, 6.45) is 0. The molecule has 0 saturated carbocycles. The van der Waals surface area contributed by atoms with E-state index in [9.17, 15) is 0 Å². The number of aryl methyl sites for hydroxylation is 3. The smallest absolute Gasteiger partial charge is 0.0638 e. The van der Waals surface area contributed by atoms with Gasteiger partial charge in [0.15, 0.2) is 0 Å². The van der Waals surface area contributed by atoms with Crippen molar-refractivity contribution >= 4 is 5.69 Å². The fourth-order valence-electron chi connectivity index (χ4n) is 2.32. The number of nitrogens with two attached hydrogens (primary N) is 1. The number of rotatable bonds is 4. The first-order valence-corrected chi connectivity index (χ1v) is 6.71. The lowest BCUT2D eigenvalue weighted by Gasteiger charge is -2.22. The number of benzene rings is 2. The predicted molar refractivity (Wildman–Crippen MR) is 82.5 cm³/mol. The maximum atomic E-state index is 5.96. The Balaban J connectivity index is 2.30. The number of anilines is 1. The Morgan fingerprint density at radius 1 is 1.00 bits per heavy atom. The Morgan fingerprint density at radius 3 is 2.42 bits per heavy atom. The first-order valence-electron chi connectivity index (χ1n) is 6.71. The molecule has 0 radical (unpaired) electrons. The van der Waals surface area contributed by atoms with Crippen LogP contribution in [0.5, 0.6) is 0 Å². The number of hydrogen-bond acceptors (Lipinski definition) is 2. The first kappa shape index (κ1) is 13.6. The van der Waals surface area contributed by atoms with Crippen molar-refractivity contribution in [3.63, 3.8) is 0 Å². The molecule has 2 heteroatoms. The van der Waals surface area contributed by atoms with Gasteiger partial charge in [-0.25, -0.2) is 0 Å². The zero-order valence-corrected chi connectivity index (χ0v) is 11.9. The Labute approximate surface area is 115 Å². The molecule has 1 unspecified atom stereocenters. The molecule has 2 aromatic rings. The predicted octanol–water partition coefficient (Wildman–Crippen LogP) is 3.72. The minimum absolute atomic E-state index is 0.154. The SMILES string of the molecule is Cc1ccc(C)c(C(CN)Nc2ccccc2C)c1. The molecule has 0 aliphatic carbocycles. The van der Waals surface area contributed by atoms with E-state index in [0.29, 0.717) is 6.54 Å². The molecule has 0 aliphatic heterocycles. The van der Waals surface area contributed by atoms with E-state index in [0.717, 1.165) is 5.69 Å². The van der Waals surface area contributed by atoms with Crippen molar-refractivity contribution in [2.45, 2.75) is 26.8 Å². The van der Waals surface area contributed by atoms with Crippen LogP contribution in [-0.4, -0.2) is 6.54 Å². The molecule has 2 aromatic carbocycles. The minimum Gasteiger partial charge on any atom is -0.377 e. The average Bonchev–Trinajstić information content (AvgIpc) is 2.41. The topological polar surface area (TPSA) is 38.0 Å². The Morgan fingerprint density at radius 2 is 1.74 bits per heavy atom. The third kappa shape index (κ3) is 3.15. The summed E-state index contributed by atoms with van der Waals surface area (Å²) in [5, 5.41) is 3.56. The van der Waals surface area contributed by atoms with Crippen molar-refractivity contribution in [2.75, 3.05) is 11.9 Å². The summed E-state index contributed by atoms with van der Waals surface area (Å²) in [7, 11) is 0. The Bertz CT molecular complexity index is 561. The van der Waals surface area contributed by atoms with E-state index in [4.69, 9.17) is 5.73 Å². The molecular weight excluding hydrogens is 232 g/mol. The standard InChI is InChI=1S/C17H22N2/c1-12-8-9-13(2)15(10-12)17(11-18)19-16-7-5-4-6-14(16)3/h4-10,17,19H,11,18H2,1-3H3. The van der Waals surface area contributed by atoms with Crippen molar-refractivity contribution in [3.05, 3.63) is 64.7 Å². The molecule has 0 amide bonds. The van der Waals surface area contributed by atoms with Gasteiger partial charge in [-0.05, 0) is 43.5 Å². The van der Waals surface area contributed by atoms with E-state index >= 15 is 0 Å².